The molecule has 0 bridgehead atoms. The van der Waals surface area contributed by atoms with E-state index in [-0.39, 0.29) is 12.5 Å². The number of carbonyl (C=O) groups is 1. The average molecular weight is 262 g/mol. The second-order valence-corrected chi connectivity index (χ2v) is 4.85. The zero-order valence-corrected chi connectivity index (χ0v) is 10.6. The number of nitrogens with zero attached hydrogens (tertiary/aromatic N) is 1. The fourth-order valence-corrected chi connectivity index (χ4v) is 2.29. The molecule has 0 unspecified atom stereocenters. The van der Waals surface area contributed by atoms with Gasteiger partial charge in [0.25, 0.3) is 0 Å². The number of pyridine rings is 1. The van der Waals surface area contributed by atoms with Crippen LogP contribution in [0.4, 0.5) is 5.69 Å². The third-order valence-corrected chi connectivity index (χ3v) is 3.47. The van der Waals surface area contributed by atoms with Crippen molar-refractivity contribution in [2.24, 2.45) is 0 Å². The number of aliphatic hydroxyl groups is 1. The first kappa shape index (κ1) is 12.7. The Kier molecular flexibility index (Phi) is 4.44. The van der Waals surface area contributed by atoms with Crippen LogP contribution in [-0.2, 0) is 17.8 Å². The van der Waals surface area contributed by atoms with Gasteiger partial charge in [0.05, 0.1) is 18.5 Å². The number of hydrogen-bond donors (Lipinski definition) is 2. The molecule has 94 valence electrons. The number of amides is 1. The molecule has 0 aromatic carbocycles. The van der Waals surface area contributed by atoms with Crippen LogP contribution < -0.4 is 5.32 Å². The smallest absolute Gasteiger partial charge is 0.224 e. The summed E-state index contributed by atoms with van der Waals surface area (Å²) in [5, 5.41) is 13.9. The van der Waals surface area contributed by atoms with E-state index in [0.29, 0.717) is 17.7 Å². The number of hydrogen-bond acceptors (Lipinski definition) is 4. The standard InChI is InChI=1S/C13H14N2O2S/c16-9-10-5-6-14-8-12(10)15-13(17)4-3-11-2-1-7-18-11/h1-2,5-8,16H,3-4,9H2,(H,15,17). The molecule has 2 aromatic rings. The second-order valence-electron chi connectivity index (χ2n) is 3.82. The second kappa shape index (κ2) is 6.28. The van der Waals surface area contributed by atoms with Crippen molar-refractivity contribution in [1.29, 1.82) is 0 Å². The van der Waals surface area contributed by atoms with Crippen LogP contribution >= 0.6 is 11.3 Å². The first-order chi connectivity index (χ1) is 8.79. The number of thiophene rings is 1. The highest BCUT2D eigenvalue weighted by atomic mass is 32.1. The normalized spacial score (nSPS) is 10.3. The highest BCUT2D eigenvalue weighted by molar-refractivity contribution is 7.09. The van der Waals surface area contributed by atoms with E-state index in [2.05, 4.69) is 10.3 Å². The van der Waals surface area contributed by atoms with Crippen molar-refractivity contribution in [2.75, 3.05) is 5.32 Å². The van der Waals surface area contributed by atoms with E-state index in [1.54, 1.807) is 29.8 Å². The maximum atomic E-state index is 11.8. The maximum absolute atomic E-state index is 11.8. The summed E-state index contributed by atoms with van der Waals surface area (Å²) in [5.74, 6) is -0.0638. The van der Waals surface area contributed by atoms with Crippen molar-refractivity contribution < 1.29 is 9.90 Å². The van der Waals surface area contributed by atoms with Crippen LogP contribution in [0.1, 0.15) is 16.9 Å². The van der Waals surface area contributed by atoms with Gasteiger partial charge in [0.2, 0.25) is 5.91 Å². The molecule has 0 aliphatic heterocycles. The summed E-state index contributed by atoms with van der Waals surface area (Å²) < 4.78 is 0. The number of anilines is 1. The first-order valence-electron chi connectivity index (χ1n) is 5.65. The summed E-state index contributed by atoms with van der Waals surface area (Å²) in [6, 6.07) is 5.68. The van der Waals surface area contributed by atoms with Gasteiger partial charge in [-0.3, -0.25) is 9.78 Å². The van der Waals surface area contributed by atoms with Crippen molar-refractivity contribution in [1.82, 2.24) is 4.98 Å². The predicted octanol–water partition coefficient (Wildman–Crippen LogP) is 2.21. The van der Waals surface area contributed by atoms with Crippen LogP contribution in [0.15, 0.2) is 36.0 Å². The molecule has 18 heavy (non-hydrogen) atoms. The Bertz CT molecular complexity index is 511. The van der Waals surface area contributed by atoms with Gasteiger partial charge in [-0.1, -0.05) is 6.07 Å². The van der Waals surface area contributed by atoms with E-state index in [9.17, 15) is 4.79 Å². The lowest BCUT2D eigenvalue weighted by Crippen LogP contribution is -2.13. The highest BCUT2D eigenvalue weighted by Gasteiger charge is 2.07. The molecule has 0 spiro atoms. The highest BCUT2D eigenvalue weighted by Crippen LogP contribution is 2.15. The van der Waals surface area contributed by atoms with Gasteiger partial charge in [0, 0.05) is 23.1 Å². The van der Waals surface area contributed by atoms with Gasteiger partial charge in [0.15, 0.2) is 0 Å². The van der Waals surface area contributed by atoms with Crippen LogP contribution in [0.25, 0.3) is 0 Å². The summed E-state index contributed by atoms with van der Waals surface area (Å²) in [5.41, 5.74) is 1.26. The van der Waals surface area contributed by atoms with Crippen LogP contribution in [0.3, 0.4) is 0 Å². The van der Waals surface area contributed by atoms with Crippen molar-refractivity contribution in [3.63, 3.8) is 0 Å². The van der Waals surface area contributed by atoms with E-state index in [1.165, 1.54) is 4.88 Å². The molecular weight excluding hydrogens is 248 g/mol. The van der Waals surface area contributed by atoms with E-state index < -0.39 is 0 Å². The molecule has 0 saturated heterocycles. The third kappa shape index (κ3) is 3.38. The molecule has 0 aliphatic carbocycles. The van der Waals surface area contributed by atoms with Crippen molar-refractivity contribution in [3.8, 4) is 0 Å². The van der Waals surface area contributed by atoms with Gasteiger partial charge in [-0.2, -0.15) is 0 Å². The molecule has 0 radical (unpaired) electrons. The topological polar surface area (TPSA) is 62.2 Å². The quantitative estimate of drug-likeness (QED) is 0.868. The predicted molar refractivity (Wildman–Crippen MR) is 71.4 cm³/mol. The molecule has 2 N–H and O–H groups in total. The van der Waals surface area contributed by atoms with Gasteiger partial charge in [-0.05, 0) is 23.9 Å². The maximum Gasteiger partial charge on any atom is 0.224 e. The zero-order chi connectivity index (χ0) is 12.8. The van der Waals surface area contributed by atoms with Crippen LogP contribution in [-0.4, -0.2) is 16.0 Å². The van der Waals surface area contributed by atoms with Crippen LogP contribution in [0.5, 0.6) is 0 Å². The number of nitrogens with one attached hydrogen (secondary N) is 1. The number of aliphatic hydroxyl groups excluding tert-OH is 1. The summed E-state index contributed by atoms with van der Waals surface area (Å²) in [6.45, 7) is -0.108. The van der Waals surface area contributed by atoms with Gasteiger partial charge in [-0.25, -0.2) is 0 Å². The Morgan fingerprint density at radius 1 is 1.44 bits per heavy atom. The monoisotopic (exact) mass is 262 g/mol. The number of rotatable bonds is 5. The number of carbonyl (C=O) groups excluding carboxylic acids is 1. The molecule has 0 saturated carbocycles. The van der Waals surface area contributed by atoms with Crippen LogP contribution in [0.2, 0.25) is 0 Å². The molecule has 0 aliphatic rings. The lowest BCUT2D eigenvalue weighted by Gasteiger charge is -2.08. The Balaban J connectivity index is 1.90. The zero-order valence-electron chi connectivity index (χ0n) is 9.80. The SMILES string of the molecule is O=C(CCc1cccs1)Nc1cnccc1CO. The van der Waals surface area contributed by atoms with E-state index in [1.807, 2.05) is 17.5 Å². The van der Waals surface area contributed by atoms with Gasteiger partial charge < -0.3 is 10.4 Å². The molecular formula is C13H14N2O2S. The molecule has 2 aromatic heterocycles. The fourth-order valence-electron chi connectivity index (χ4n) is 1.58. The van der Waals surface area contributed by atoms with Gasteiger partial charge in [-0.15, -0.1) is 11.3 Å². The Labute approximate surface area is 109 Å². The average Bonchev–Trinajstić information content (AvgIpc) is 2.90. The molecule has 0 atom stereocenters. The minimum Gasteiger partial charge on any atom is -0.392 e. The minimum absolute atomic E-state index is 0.0638. The van der Waals surface area contributed by atoms with E-state index >= 15 is 0 Å². The summed E-state index contributed by atoms with van der Waals surface area (Å²) >= 11 is 1.65. The van der Waals surface area contributed by atoms with Crippen molar-refractivity contribution in [3.05, 3.63) is 46.4 Å². The lowest BCUT2D eigenvalue weighted by atomic mass is 10.2. The molecule has 0 fully saturated rings. The molecule has 5 heteroatoms. The molecule has 2 heterocycles. The van der Waals surface area contributed by atoms with Crippen molar-refractivity contribution in [2.45, 2.75) is 19.4 Å². The Morgan fingerprint density at radius 2 is 2.33 bits per heavy atom. The molecule has 1 amide bonds. The van der Waals surface area contributed by atoms with Crippen molar-refractivity contribution >= 4 is 22.9 Å². The summed E-state index contributed by atoms with van der Waals surface area (Å²) in [4.78, 5) is 16.9. The third-order valence-electron chi connectivity index (χ3n) is 2.53. The fraction of sp³-hybridized carbons (Fsp3) is 0.231. The minimum atomic E-state index is -0.108. The number of aryl methyl sites for hydroxylation is 1. The summed E-state index contributed by atoms with van der Waals surface area (Å²) in [6.07, 6.45) is 4.31. The van der Waals surface area contributed by atoms with E-state index in [4.69, 9.17) is 5.11 Å². The Hall–Kier alpha value is -1.72. The largest absolute Gasteiger partial charge is 0.392 e. The summed E-state index contributed by atoms with van der Waals surface area (Å²) in [7, 11) is 0. The molecule has 2 rings (SSSR count). The van der Waals surface area contributed by atoms with Gasteiger partial charge >= 0.3 is 0 Å². The Morgan fingerprint density at radius 3 is 3.06 bits per heavy atom. The van der Waals surface area contributed by atoms with Gasteiger partial charge in [0.1, 0.15) is 0 Å². The van der Waals surface area contributed by atoms with Crippen LogP contribution in [0, 0.1) is 0 Å². The first-order valence-corrected chi connectivity index (χ1v) is 6.53. The van der Waals surface area contributed by atoms with E-state index in [0.717, 1.165) is 6.42 Å². The number of aromatic nitrogens is 1. The lowest BCUT2D eigenvalue weighted by molar-refractivity contribution is -0.116. The molecule has 4 nitrogen and oxygen atoms in total.